The smallest absolute Gasteiger partial charge is 0.257 e. The van der Waals surface area contributed by atoms with Crippen molar-refractivity contribution >= 4 is 29.1 Å². The summed E-state index contributed by atoms with van der Waals surface area (Å²) in [5.74, 6) is 0.545. The second-order valence-corrected chi connectivity index (χ2v) is 3.53. The molecule has 0 aliphatic heterocycles. The lowest BCUT2D eigenvalue weighted by molar-refractivity contribution is 0.321. The van der Waals surface area contributed by atoms with Gasteiger partial charge in [-0.2, -0.15) is 0 Å². The maximum Gasteiger partial charge on any atom is 0.257 e. The molecule has 0 aliphatic rings. The van der Waals surface area contributed by atoms with Crippen LogP contribution >= 0.6 is 11.8 Å². The zero-order chi connectivity index (χ0) is 9.80. The molecule has 0 fully saturated rings. The number of oxime groups is 1. The van der Waals surface area contributed by atoms with Gasteiger partial charge in [-0.25, -0.2) is 4.98 Å². The highest BCUT2D eigenvalue weighted by Gasteiger charge is 2.03. The van der Waals surface area contributed by atoms with Gasteiger partial charge in [0.1, 0.15) is 5.52 Å². The molecule has 0 radical (unpaired) electrons. The molecule has 1 heterocycles. The average molecular weight is 208 g/mol. The molecular formula is C9H8N2O2S. The Balaban J connectivity index is 2.18. The predicted octanol–water partition coefficient (Wildman–Crippen LogP) is 2.38. The fraction of sp³-hybridized carbons (Fsp3) is 0.111. The quantitative estimate of drug-likeness (QED) is 0.364. The van der Waals surface area contributed by atoms with E-state index in [1.165, 1.54) is 18.0 Å². The van der Waals surface area contributed by atoms with Gasteiger partial charge in [-0.05, 0) is 12.1 Å². The Morgan fingerprint density at radius 3 is 3.14 bits per heavy atom. The Morgan fingerprint density at radius 2 is 2.36 bits per heavy atom. The van der Waals surface area contributed by atoms with Crippen molar-refractivity contribution < 1.29 is 9.62 Å². The Labute approximate surface area is 84.6 Å². The molecule has 4 nitrogen and oxygen atoms in total. The summed E-state index contributed by atoms with van der Waals surface area (Å²) in [5, 5.41) is 11.7. The second kappa shape index (κ2) is 4.15. The molecule has 0 spiro atoms. The molecule has 1 N–H and O–H groups in total. The van der Waals surface area contributed by atoms with Gasteiger partial charge >= 0.3 is 0 Å². The molecule has 2 aromatic rings. The molecule has 0 saturated carbocycles. The molecule has 0 bridgehead atoms. The van der Waals surface area contributed by atoms with E-state index in [4.69, 9.17) is 9.62 Å². The highest BCUT2D eigenvalue weighted by molar-refractivity contribution is 7.99. The van der Waals surface area contributed by atoms with E-state index in [-0.39, 0.29) is 0 Å². The number of benzene rings is 1. The largest absolute Gasteiger partial charge is 0.431 e. The summed E-state index contributed by atoms with van der Waals surface area (Å²) >= 11 is 1.38. The summed E-state index contributed by atoms with van der Waals surface area (Å²) in [5.41, 5.74) is 1.62. The summed E-state index contributed by atoms with van der Waals surface area (Å²) in [7, 11) is 0. The van der Waals surface area contributed by atoms with Gasteiger partial charge < -0.3 is 9.62 Å². The number of hydrogen-bond donors (Lipinski definition) is 1. The predicted molar refractivity (Wildman–Crippen MR) is 55.0 cm³/mol. The van der Waals surface area contributed by atoms with Crippen molar-refractivity contribution in [1.82, 2.24) is 4.98 Å². The van der Waals surface area contributed by atoms with Gasteiger partial charge in [0.25, 0.3) is 5.22 Å². The zero-order valence-corrected chi connectivity index (χ0v) is 8.07. The average Bonchev–Trinajstić information content (AvgIpc) is 2.60. The summed E-state index contributed by atoms with van der Waals surface area (Å²) in [6.45, 7) is 0. The third kappa shape index (κ3) is 1.88. The zero-order valence-electron chi connectivity index (χ0n) is 7.25. The first-order valence-electron chi connectivity index (χ1n) is 4.04. The van der Waals surface area contributed by atoms with Crippen molar-refractivity contribution in [2.45, 2.75) is 5.22 Å². The number of oxazole rings is 1. The van der Waals surface area contributed by atoms with E-state index in [9.17, 15) is 0 Å². The molecule has 0 aliphatic carbocycles. The van der Waals surface area contributed by atoms with E-state index in [2.05, 4.69) is 10.1 Å². The number of para-hydroxylation sites is 2. The number of fused-ring (bicyclic) bond motifs is 1. The fourth-order valence-corrected chi connectivity index (χ4v) is 1.65. The fourth-order valence-electron chi connectivity index (χ4n) is 1.05. The van der Waals surface area contributed by atoms with Crippen LogP contribution in [0.5, 0.6) is 0 Å². The van der Waals surface area contributed by atoms with Gasteiger partial charge in [0, 0.05) is 5.75 Å². The van der Waals surface area contributed by atoms with Crippen LogP contribution in [-0.4, -0.2) is 22.2 Å². The molecule has 1 aromatic heterocycles. The van der Waals surface area contributed by atoms with Gasteiger partial charge in [-0.1, -0.05) is 23.9 Å². The molecule has 1 aromatic carbocycles. The minimum absolute atomic E-state index is 0.545. The third-order valence-electron chi connectivity index (χ3n) is 1.64. The maximum absolute atomic E-state index is 8.19. The van der Waals surface area contributed by atoms with Crippen LogP contribution in [0.2, 0.25) is 0 Å². The molecule has 2 rings (SSSR count). The van der Waals surface area contributed by atoms with Crippen molar-refractivity contribution in [2.24, 2.45) is 5.16 Å². The van der Waals surface area contributed by atoms with Crippen LogP contribution in [0.4, 0.5) is 0 Å². The van der Waals surface area contributed by atoms with Gasteiger partial charge in [0.05, 0.1) is 6.21 Å². The van der Waals surface area contributed by atoms with E-state index < -0.39 is 0 Å². The van der Waals surface area contributed by atoms with Gasteiger partial charge in [0.2, 0.25) is 0 Å². The standard InChI is InChI=1S/C9H8N2O2S/c12-10-5-6-14-9-11-7-3-1-2-4-8(7)13-9/h1-5,12H,6H2. The first-order valence-corrected chi connectivity index (χ1v) is 5.03. The molecule has 14 heavy (non-hydrogen) atoms. The number of nitrogens with zero attached hydrogens (tertiary/aromatic N) is 2. The Bertz CT molecular complexity index is 420. The van der Waals surface area contributed by atoms with Gasteiger partial charge in [0.15, 0.2) is 5.58 Å². The van der Waals surface area contributed by atoms with E-state index in [1.807, 2.05) is 24.3 Å². The molecular weight excluding hydrogens is 200 g/mol. The second-order valence-electron chi connectivity index (χ2n) is 2.56. The highest BCUT2D eigenvalue weighted by Crippen LogP contribution is 2.22. The van der Waals surface area contributed by atoms with Crippen molar-refractivity contribution in [2.75, 3.05) is 5.75 Å². The lowest BCUT2D eigenvalue weighted by atomic mass is 10.3. The first kappa shape index (κ1) is 9.08. The monoisotopic (exact) mass is 208 g/mol. The topological polar surface area (TPSA) is 58.6 Å². The molecule has 0 unspecified atom stereocenters. The maximum atomic E-state index is 8.19. The summed E-state index contributed by atoms with van der Waals surface area (Å²) in [4.78, 5) is 4.24. The van der Waals surface area contributed by atoms with E-state index in [1.54, 1.807) is 0 Å². The van der Waals surface area contributed by atoms with Crippen LogP contribution < -0.4 is 0 Å². The molecule has 0 saturated heterocycles. The Morgan fingerprint density at radius 1 is 1.50 bits per heavy atom. The number of aromatic nitrogens is 1. The summed E-state index contributed by atoms with van der Waals surface area (Å²) < 4.78 is 5.42. The SMILES string of the molecule is ON=CCSc1nc2ccccc2o1. The lowest BCUT2D eigenvalue weighted by Crippen LogP contribution is -1.79. The Hall–Kier alpha value is -1.49. The highest BCUT2D eigenvalue weighted by atomic mass is 32.2. The van der Waals surface area contributed by atoms with Gasteiger partial charge in [-0.3, -0.25) is 0 Å². The minimum atomic E-state index is 0.545. The van der Waals surface area contributed by atoms with Crippen LogP contribution in [-0.2, 0) is 0 Å². The minimum Gasteiger partial charge on any atom is -0.431 e. The molecule has 5 heteroatoms. The summed E-state index contributed by atoms with van der Waals surface area (Å²) in [6.07, 6.45) is 1.39. The van der Waals surface area contributed by atoms with Crippen LogP contribution in [0.15, 0.2) is 39.1 Å². The Kier molecular flexibility index (Phi) is 2.69. The van der Waals surface area contributed by atoms with Crippen molar-refractivity contribution in [3.8, 4) is 0 Å². The molecule has 0 amide bonds. The third-order valence-corrected chi connectivity index (χ3v) is 2.37. The van der Waals surface area contributed by atoms with Crippen molar-refractivity contribution in [3.63, 3.8) is 0 Å². The number of thioether (sulfide) groups is 1. The van der Waals surface area contributed by atoms with E-state index >= 15 is 0 Å². The molecule has 72 valence electrons. The van der Waals surface area contributed by atoms with Crippen LogP contribution in [0, 0.1) is 0 Å². The van der Waals surface area contributed by atoms with Crippen LogP contribution in [0.25, 0.3) is 11.1 Å². The number of hydrogen-bond acceptors (Lipinski definition) is 5. The van der Waals surface area contributed by atoms with Crippen molar-refractivity contribution in [3.05, 3.63) is 24.3 Å². The number of rotatable bonds is 3. The molecule has 0 atom stereocenters. The first-order chi connectivity index (χ1) is 6.90. The van der Waals surface area contributed by atoms with Crippen molar-refractivity contribution in [1.29, 1.82) is 0 Å². The van der Waals surface area contributed by atoms with Crippen LogP contribution in [0.1, 0.15) is 0 Å². The lowest BCUT2D eigenvalue weighted by Gasteiger charge is -1.86. The van der Waals surface area contributed by atoms with Gasteiger partial charge in [-0.15, -0.1) is 5.16 Å². The van der Waals surface area contributed by atoms with E-state index in [0.29, 0.717) is 11.0 Å². The normalized spacial score (nSPS) is 11.4. The van der Waals surface area contributed by atoms with Crippen LogP contribution in [0.3, 0.4) is 0 Å². The summed E-state index contributed by atoms with van der Waals surface area (Å²) in [6, 6.07) is 7.57. The van der Waals surface area contributed by atoms with E-state index in [0.717, 1.165) is 11.1 Å².